The summed E-state index contributed by atoms with van der Waals surface area (Å²) in [4.78, 5) is 16.1. The van der Waals surface area contributed by atoms with Crippen molar-refractivity contribution in [3.63, 3.8) is 0 Å². The van der Waals surface area contributed by atoms with E-state index < -0.39 is 0 Å². The summed E-state index contributed by atoms with van der Waals surface area (Å²) in [6, 6.07) is 5.07. The third-order valence-electron chi connectivity index (χ3n) is 2.21. The highest BCUT2D eigenvalue weighted by Crippen LogP contribution is 2.20. The van der Waals surface area contributed by atoms with Gasteiger partial charge in [0.15, 0.2) is 0 Å². The zero-order valence-electron chi connectivity index (χ0n) is 8.50. The van der Waals surface area contributed by atoms with Gasteiger partial charge in [0.05, 0.1) is 22.6 Å². The second kappa shape index (κ2) is 4.41. The van der Waals surface area contributed by atoms with Crippen molar-refractivity contribution in [1.29, 1.82) is 0 Å². The number of hydrogen-bond donors (Lipinski definition) is 1. The Morgan fingerprint density at radius 3 is 2.88 bits per heavy atom. The van der Waals surface area contributed by atoms with Crippen molar-refractivity contribution in [1.82, 2.24) is 14.9 Å². The lowest BCUT2D eigenvalue weighted by molar-refractivity contribution is 0.594. The minimum atomic E-state index is -0.202. The van der Waals surface area contributed by atoms with Gasteiger partial charge in [0, 0.05) is 0 Å². The molecule has 0 amide bonds. The first-order chi connectivity index (χ1) is 7.65. The molecule has 0 aliphatic carbocycles. The number of aromatic nitrogens is 2. The molecule has 0 aliphatic rings. The molecule has 0 fully saturated rings. The van der Waals surface area contributed by atoms with Crippen molar-refractivity contribution >= 4 is 34.1 Å². The van der Waals surface area contributed by atoms with E-state index in [1.165, 1.54) is 4.57 Å². The summed E-state index contributed by atoms with van der Waals surface area (Å²) in [5, 5.41) is 3.86. The average molecular weight is 258 g/mol. The van der Waals surface area contributed by atoms with E-state index in [9.17, 15) is 4.79 Å². The molecule has 0 radical (unpaired) electrons. The van der Waals surface area contributed by atoms with Crippen LogP contribution in [0.3, 0.4) is 0 Å². The van der Waals surface area contributed by atoms with Crippen LogP contribution in [0.25, 0.3) is 10.9 Å². The summed E-state index contributed by atoms with van der Waals surface area (Å²) in [5.41, 5.74) is 0.235. The first-order valence-electron chi connectivity index (χ1n) is 4.64. The van der Waals surface area contributed by atoms with E-state index in [1.54, 1.807) is 25.2 Å². The lowest BCUT2D eigenvalue weighted by Crippen LogP contribution is -2.27. The fraction of sp³-hybridized carbons (Fsp3) is 0.200. The molecule has 2 aromatic rings. The Bertz CT molecular complexity index is 594. The van der Waals surface area contributed by atoms with Gasteiger partial charge in [0.1, 0.15) is 0 Å². The molecule has 0 aliphatic heterocycles. The van der Waals surface area contributed by atoms with Crippen molar-refractivity contribution in [2.45, 2.75) is 6.67 Å². The molecule has 0 saturated carbocycles. The van der Waals surface area contributed by atoms with Gasteiger partial charge in [-0.2, -0.15) is 0 Å². The number of para-hydroxylation sites is 1. The van der Waals surface area contributed by atoms with E-state index in [-0.39, 0.29) is 10.8 Å². The molecule has 0 spiro atoms. The number of nitrogens with one attached hydrogen (secondary N) is 1. The molecular formula is C10H9Cl2N3O. The smallest absolute Gasteiger partial charge is 0.263 e. The van der Waals surface area contributed by atoms with Crippen LogP contribution in [0.5, 0.6) is 0 Å². The largest absolute Gasteiger partial charge is 0.302 e. The summed E-state index contributed by atoms with van der Waals surface area (Å²) in [6.45, 7) is 0.313. The van der Waals surface area contributed by atoms with Crippen LogP contribution in [0.15, 0.2) is 23.0 Å². The van der Waals surface area contributed by atoms with E-state index in [0.29, 0.717) is 22.6 Å². The van der Waals surface area contributed by atoms with Crippen LogP contribution < -0.4 is 10.9 Å². The molecule has 1 N–H and O–H groups in total. The van der Waals surface area contributed by atoms with Crippen molar-refractivity contribution < 1.29 is 0 Å². The molecule has 16 heavy (non-hydrogen) atoms. The first kappa shape index (κ1) is 11.4. The second-order valence-corrected chi connectivity index (χ2v) is 4.01. The van der Waals surface area contributed by atoms with Crippen molar-refractivity contribution in [3.05, 3.63) is 38.9 Å². The molecular weight excluding hydrogens is 249 g/mol. The van der Waals surface area contributed by atoms with Gasteiger partial charge in [-0.05, 0) is 30.8 Å². The Kier molecular flexibility index (Phi) is 3.14. The zero-order chi connectivity index (χ0) is 11.7. The average Bonchev–Trinajstić information content (AvgIpc) is 2.26. The third-order valence-corrected chi connectivity index (χ3v) is 2.80. The number of fused-ring (bicyclic) bond motifs is 1. The van der Waals surface area contributed by atoms with Gasteiger partial charge in [0.2, 0.25) is 5.28 Å². The Labute approximate surface area is 102 Å². The molecule has 1 aromatic heterocycles. The Morgan fingerprint density at radius 2 is 2.19 bits per heavy atom. The monoisotopic (exact) mass is 257 g/mol. The van der Waals surface area contributed by atoms with Gasteiger partial charge >= 0.3 is 0 Å². The number of benzene rings is 1. The highest BCUT2D eigenvalue weighted by atomic mass is 35.5. The summed E-state index contributed by atoms with van der Waals surface area (Å²) >= 11 is 11.9. The first-order valence-corrected chi connectivity index (χ1v) is 5.40. The molecule has 2 rings (SSSR count). The van der Waals surface area contributed by atoms with E-state index in [1.807, 2.05) is 0 Å². The van der Waals surface area contributed by atoms with Gasteiger partial charge < -0.3 is 5.32 Å². The van der Waals surface area contributed by atoms with Gasteiger partial charge in [-0.25, -0.2) is 4.98 Å². The van der Waals surface area contributed by atoms with E-state index in [0.717, 1.165) is 0 Å². The third kappa shape index (κ3) is 1.80. The van der Waals surface area contributed by atoms with Crippen molar-refractivity contribution in [3.8, 4) is 0 Å². The molecule has 0 unspecified atom stereocenters. The fourth-order valence-electron chi connectivity index (χ4n) is 1.48. The Hall–Kier alpha value is -1.10. The van der Waals surface area contributed by atoms with Crippen LogP contribution in [0, 0.1) is 0 Å². The van der Waals surface area contributed by atoms with Crippen LogP contribution in [0.2, 0.25) is 10.3 Å². The minimum Gasteiger partial charge on any atom is -0.302 e. The number of nitrogens with zero attached hydrogens (tertiary/aromatic N) is 2. The quantitative estimate of drug-likeness (QED) is 0.836. The highest BCUT2D eigenvalue weighted by molar-refractivity contribution is 6.35. The Balaban J connectivity index is 2.84. The SMILES string of the molecule is CNCn1c(Cl)nc2c(Cl)cccc2c1=O. The maximum Gasteiger partial charge on any atom is 0.263 e. The maximum atomic E-state index is 12.0. The molecule has 0 atom stereocenters. The fourth-order valence-corrected chi connectivity index (χ4v) is 1.92. The maximum absolute atomic E-state index is 12.0. The van der Waals surface area contributed by atoms with E-state index >= 15 is 0 Å². The predicted octanol–water partition coefficient (Wildman–Crippen LogP) is 1.88. The molecule has 1 heterocycles. The normalized spacial score (nSPS) is 10.9. The van der Waals surface area contributed by atoms with Crippen molar-refractivity contribution in [2.75, 3.05) is 7.05 Å². The van der Waals surface area contributed by atoms with Crippen LogP contribution in [-0.2, 0) is 6.67 Å². The number of halogens is 2. The van der Waals surface area contributed by atoms with Crippen LogP contribution in [0.4, 0.5) is 0 Å². The predicted molar refractivity (Wildman–Crippen MR) is 65.1 cm³/mol. The topological polar surface area (TPSA) is 46.9 Å². The molecule has 6 heteroatoms. The number of hydrogen-bond acceptors (Lipinski definition) is 3. The molecule has 0 bridgehead atoms. The van der Waals surface area contributed by atoms with Crippen LogP contribution in [-0.4, -0.2) is 16.6 Å². The summed E-state index contributed by atoms with van der Waals surface area (Å²) < 4.78 is 1.35. The molecule has 1 aromatic carbocycles. The Morgan fingerprint density at radius 1 is 1.44 bits per heavy atom. The van der Waals surface area contributed by atoms with Gasteiger partial charge in [-0.15, -0.1) is 0 Å². The number of rotatable bonds is 2. The second-order valence-electron chi connectivity index (χ2n) is 3.26. The van der Waals surface area contributed by atoms with Crippen LogP contribution >= 0.6 is 23.2 Å². The minimum absolute atomic E-state index is 0.125. The van der Waals surface area contributed by atoms with Gasteiger partial charge in [-0.3, -0.25) is 9.36 Å². The lowest BCUT2D eigenvalue weighted by atomic mass is 10.2. The highest BCUT2D eigenvalue weighted by Gasteiger charge is 2.10. The van der Waals surface area contributed by atoms with E-state index in [2.05, 4.69) is 10.3 Å². The zero-order valence-corrected chi connectivity index (χ0v) is 10.0. The van der Waals surface area contributed by atoms with Crippen molar-refractivity contribution in [2.24, 2.45) is 0 Å². The summed E-state index contributed by atoms with van der Waals surface area (Å²) in [7, 11) is 1.73. The van der Waals surface area contributed by atoms with Crippen LogP contribution in [0.1, 0.15) is 0 Å². The van der Waals surface area contributed by atoms with Gasteiger partial charge in [0.25, 0.3) is 5.56 Å². The van der Waals surface area contributed by atoms with Gasteiger partial charge in [-0.1, -0.05) is 17.7 Å². The summed E-state index contributed by atoms with van der Waals surface area (Å²) in [5.74, 6) is 0. The van der Waals surface area contributed by atoms with E-state index in [4.69, 9.17) is 23.2 Å². The molecule has 4 nitrogen and oxygen atoms in total. The molecule has 0 saturated heterocycles. The lowest BCUT2D eigenvalue weighted by Gasteiger charge is -2.08. The standard InChI is InChI=1S/C10H9Cl2N3O/c1-13-5-15-9(16)6-3-2-4-7(11)8(6)14-10(15)12/h2-4,13H,5H2,1H3. The summed E-state index contributed by atoms with van der Waals surface area (Å²) in [6.07, 6.45) is 0. The molecule has 84 valence electrons.